The molecular formula is C21H25N5O2. The molecule has 1 unspecified atom stereocenters. The minimum absolute atomic E-state index is 0.0614. The van der Waals surface area contributed by atoms with E-state index in [1.165, 1.54) is 19.3 Å². The molecule has 7 heteroatoms. The second kappa shape index (κ2) is 7.30. The fourth-order valence-electron chi connectivity index (χ4n) is 4.50. The predicted molar refractivity (Wildman–Crippen MR) is 106 cm³/mol. The number of fused-ring (bicyclic) bond motifs is 1. The Morgan fingerprint density at radius 2 is 2.04 bits per heavy atom. The second-order valence-corrected chi connectivity index (χ2v) is 7.80. The average molecular weight is 379 g/mol. The van der Waals surface area contributed by atoms with Gasteiger partial charge in [0.25, 0.3) is 0 Å². The van der Waals surface area contributed by atoms with Gasteiger partial charge in [-0.2, -0.15) is 0 Å². The summed E-state index contributed by atoms with van der Waals surface area (Å²) in [4.78, 5) is 24.0. The van der Waals surface area contributed by atoms with Gasteiger partial charge in [-0.05, 0) is 43.5 Å². The number of likely N-dealkylation sites (tertiary alicyclic amines) is 1. The maximum atomic E-state index is 12.8. The number of furan rings is 1. The maximum absolute atomic E-state index is 12.8. The molecule has 28 heavy (non-hydrogen) atoms. The summed E-state index contributed by atoms with van der Waals surface area (Å²) in [7, 11) is 0. The van der Waals surface area contributed by atoms with Crippen molar-refractivity contribution in [1.29, 1.82) is 0 Å². The highest BCUT2D eigenvalue weighted by Gasteiger charge is 2.32. The summed E-state index contributed by atoms with van der Waals surface area (Å²) in [6, 6.07) is 8.17. The summed E-state index contributed by atoms with van der Waals surface area (Å²) in [5.41, 5.74) is 1.69. The molecule has 1 aliphatic heterocycles. The predicted octanol–water partition coefficient (Wildman–Crippen LogP) is 3.98. The van der Waals surface area contributed by atoms with Gasteiger partial charge >= 0.3 is 6.03 Å². The summed E-state index contributed by atoms with van der Waals surface area (Å²) in [5.74, 6) is 1.50. The molecule has 7 nitrogen and oxygen atoms in total. The molecule has 1 aliphatic carbocycles. The first-order valence-corrected chi connectivity index (χ1v) is 10.2. The number of urea groups is 1. The van der Waals surface area contributed by atoms with E-state index in [-0.39, 0.29) is 12.1 Å². The van der Waals surface area contributed by atoms with Crippen LogP contribution in [0.2, 0.25) is 0 Å². The molecule has 1 saturated heterocycles. The first-order chi connectivity index (χ1) is 13.8. The number of pyridine rings is 1. The quantitative estimate of drug-likeness (QED) is 0.747. The van der Waals surface area contributed by atoms with Gasteiger partial charge in [0.2, 0.25) is 0 Å². The molecule has 1 N–H and O–H groups in total. The Hall–Kier alpha value is -2.83. The molecule has 5 rings (SSSR count). The average Bonchev–Trinajstić information content (AvgIpc) is 3.46. The van der Waals surface area contributed by atoms with Crippen molar-refractivity contribution in [1.82, 2.24) is 24.8 Å². The third kappa shape index (κ3) is 3.15. The van der Waals surface area contributed by atoms with Crippen LogP contribution in [0, 0.1) is 0 Å². The van der Waals surface area contributed by atoms with Crippen molar-refractivity contribution in [3.05, 3.63) is 36.7 Å². The molecule has 0 bridgehead atoms. The molecule has 1 saturated carbocycles. The molecule has 4 heterocycles. The molecule has 0 aromatic carbocycles. The normalized spacial score (nSPS) is 20.7. The summed E-state index contributed by atoms with van der Waals surface area (Å²) in [5, 5.41) is 3.23. The lowest BCUT2D eigenvalue weighted by molar-refractivity contribution is 0.199. The van der Waals surface area contributed by atoms with Gasteiger partial charge in [0.05, 0.1) is 12.3 Å². The minimum atomic E-state index is 0.0614. The molecule has 1 atom stereocenters. The lowest BCUT2D eigenvalue weighted by Crippen LogP contribution is -2.44. The van der Waals surface area contributed by atoms with Gasteiger partial charge in [0, 0.05) is 25.3 Å². The Bertz CT molecular complexity index is 959. The number of nitrogens with one attached hydrogen (secondary N) is 1. The molecule has 2 amide bonds. The number of rotatable bonds is 3. The SMILES string of the molecule is O=C(NC1CCCCC1)N1CCC(n2c(-c3ccco3)nc3cccnc32)C1. The van der Waals surface area contributed by atoms with E-state index in [4.69, 9.17) is 9.40 Å². The van der Waals surface area contributed by atoms with E-state index in [1.807, 2.05) is 29.2 Å². The number of nitrogens with zero attached hydrogens (tertiary/aromatic N) is 4. The van der Waals surface area contributed by atoms with E-state index >= 15 is 0 Å². The Morgan fingerprint density at radius 1 is 1.14 bits per heavy atom. The smallest absolute Gasteiger partial charge is 0.317 e. The molecule has 0 spiro atoms. The lowest BCUT2D eigenvalue weighted by atomic mass is 9.96. The Labute approximate surface area is 163 Å². The zero-order valence-corrected chi connectivity index (χ0v) is 15.9. The second-order valence-electron chi connectivity index (χ2n) is 7.80. The van der Waals surface area contributed by atoms with E-state index in [2.05, 4.69) is 14.9 Å². The monoisotopic (exact) mass is 379 g/mol. The van der Waals surface area contributed by atoms with E-state index in [0.29, 0.717) is 12.6 Å². The van der Waals surface area contributed by atoms with Crippen molar-refractivity contribution in [2.75, 3.05) is 13.1 Å². The van der Waals surface area contributed by atoms with Crippen LogP contribution in [0.1, 0.15) is 44.6 Å². The van der Waals surface area contributed by atoms with Crippen molar-refractivity contribution < 1.29 is 9.21 Å². The number of hydrogen-bond donors (Lipinski definition) is 1. The van der Waals surface area contributed by atoms with E-state index in [1.54, 1.807) is 12.5 Å². The lowest BCUT2D eigenvalue weighted by Gasteiger charge is -2.26. The molecule has 0 radical (unpaired) electrons. The van der Waals surface area contributed by atoms with Crippen LogP contribution in [0.5, 0.6) is 0 Å². The third-order valence-electron chi connectivity index (χ3n) is 5.94. The highest BCUT2D eigenvalue weighted by atomic mass is 16.3. The van der Waals surface area contributed by atoms with Gasteiger partial charge < -0.3 is 19.2 Å². The van der Waals surface area contributed by atoms with Crippen molar-refractivity contribution in [3.8, 4) is 11.6 Å². The van der Waals surface area contributed by atoms with E-state index in [9.17, 15) is 4.79 Å². The van der Waals surface area contributed by atoms with Gasteiger partial charge in [-0.3, -0.25) is 0 Å². The summed E-state index contributed by atoms with van der Waals surface area (Å²) < 4.78 is 7.76. The van der Waals surface area contributed by atoms with Crippen LogP contribution in [-0.4, -0.2) is 44.6 Å². The van der Waals surface area contributed by atoms with E-state index < -0.39 is 0 Å². The van der Waals surface area contributed by atoms with Crippen LogP contribution >= 0.6 is 0 Å². The topological polar surface area (TPSA) is 76.2 Å². The minimum Gasteiger partial charge on any atom is -0.461 e. The van der Waals surface area contributed by atoms with Crippen LogP contribution in [0.4, 0.5) is 4.79 Å². The molecule has 146 valence electrons. The van der Waals surface area contributed by atoms with Crippen LogP contribution in [0.15, 0.2) is 41.1 Å². The summed E-state index contributed by atoms with van der Waals surface area (Å²) >= 11 is 0. The molecule has 3 aromatic heterocycles. The van der Waals surface area contributed by atoms with Gasteiger partial charge in [0.1, 0.15) is 5.52 Å². The zero-order valence-electron chi connectivity index (χ0n) is 15.9. The highest BCUT2D eigenvalue weighted by molar-refractivity contribution is 5.77. The maximum Gasteiger partial charge on any atom is 0.317 e. The Balaban J connectivity index is 1.39. The number of imidazole rings is 1. The van der Waals surface area contributed by atoms with Crippen molar-refractivity contribution in [2.45, 2.75) is 50.6 Å². The van der Waals surface area contributed by atoms with Crippen molar-refractivity contribution in [2.24, 2.45) is 0 Å². The van der Waals surface area contributed by atoms with Crippen molar-refractivity contribution >= 4 is 17.2 Å². The van der Waals surface area contributed by atoms with Crippen LogP contribution in [0.3, 0.4) is 0 Å². The summed E-state index contributed by atoms with van der Waals surface area (Å²) in [6.45, 7) is 1.40. The van der Waals surface area contributed by atoms with Gasteiger partial charge in [0.15, 0.2) is 17.2 Å². The Kier molecular flexibility index (Phi) is 4.50. The standard InChI is InChI=1S/C21H25N5O2/c27-21(23-15-6-2-1-3-7-15)25-12-10-16(14-25)26-19-17(8-4-11-22-19)24-20(26)18-9-5-13-28-18/h4-5,8-9,11,13,15-16H,1-3,6-7,10,12,14H2,(H,23,27). The Morgan fingerprint density at radius 3 is 2.86 bits per heavy atom. The summed E-state index contributed by atoms with van der Waals surface area (Å²) in [6.07, 6.45) is 10.2. The van der Waals surface area contributed by atoms with Crippen LogP contribution < -0.4 is 5.32 Å². The first-order valence-electron chi connectivity index (χ1n) is 10.2. The van der Waals surface area contributed by atoms with E-state index in [0.717, 1.165) is 48.6 Å². The van der Waals surface area contributed by atoms with Crippen LogP contribution in [0.25, 0.3) is 22.7 Å². The fraction of sp³-hybridized carbons (Fsp3) is 0.476. The van der Waals surface area contributed by atoms with Gasteiger partial charge in [-0.1, -0.05) is 19.3 Å². The highest BCUT2D eigenvalue weighted by Crippen LogP contribution is 2.32. The number of hydrogen-bond acceptors (Lipinski definition) is 4. The zero-order chi connectivity index (χ0) is 18.9. The molecule has 2 aliphatic rings. The number of carbonyl (C=O) groups is 1. The molecular weight excluding hydrogens is 354 g/mol. The van der Waals surface area contributed by atoms with Crippen LogP contribution in [-0.2, 0) is 0 Å². The number of amides is 2. The van der Waals surface area contributed by atoms with Gasteiger partial charge in [-0.15, -0.1) is 0 Å². The number of aromatic nitrogens is 3. The largest absolute Gasteiger partial charge is 0.461 e. The molecule has 2 fully saturated rings. The number of carbonyl (C=O) groups excluding carboxylic acids is 1. The fourth-order valence-corrected chi connectivity index (χ4v) is 4.50. The van der Waals surface area contributed by atoms with Gasteiger partial charge in [-0.25, -0.2) is 14.8 Å². The molecule has 3 aromatic rings. The van der Waals surface area contributed by atoms with Crippen molar-refractivity contribution in [3.63, 3.8) is 0 Å². The first kappa shape index (κ1) is 17.3. The third-order valence-corrected chi connectivity index (χ3v) is 5.94.